The highest BCUT2D eigenvalue weighted by atomic mass is 32.1. The predicted molar refractivity (Wildman–Crippen MR) is 125 cm³/mol. The number of hydrogen-bond donors (Lipinski definition) is 2. The average Bonchev–Trinajstić information content (AvgIpc) is 3.32. The SMILES string of the molecule is Cc1cccc(C)c1NC(=O)CNC(=O)C(C)OC(=O)c1cccc(OCc2cscn2)c1. The normalized spacial score (nSPS) is 11.4. The lowest BCUT2D eigenvalue weighted by Crippen LogP contribution is -2.40. The third-order valence-electron chi connectivity index (χ3n) is 4.76. The van der Waals surface area contributed by atoms with Gasteiger partial charge in [-0.15, -0.1) is 11.3 Å². The van der Waals surface area contributed by atoms with Gasteiger partial charge < -0.3 is 20.1 Å². The number of nitrogens with one attached hydrogen (secondary N) is 2. The lowest BCUT2D eigenvalue weighted by atomic mass is 10.1. The minimum Gasteiger partial charge on any atom is -0.487 e. The molecule has 3 rings (SSSR count). The van der Waals surface area contributed by atoms with Gasteiger partial charge >= 0.3 is 5.97 Å². The highest BCUT2D eigenvalue weighted by Gasteiger charge is 2.20. The molecule has 2 aromatic carbocycles. The second kappa shape index (κ2) is 11.2. The van der Waals surface area contributed by atoms with E-state index in [1.54, 1.807) is 23.7 Å². The monoisotopic (exact) mass is 467 g/mol. The standard InChI is InChI=1S/C24H25N3O5S/c1-15-6-4-7-16(2)22(15)27-21(28)11-25-23(29)17(3)32-24(30)18-8-5-9-20(10-18)31-12-19-13-33-14-26-19/h4-10,13-14,17H,11-12H2,1-3H3,(H,25,29)(H,27,28). The van der Waals surface area contributed by atoms with E-state index < -0.39 is 18.0 Å². The molecule has 1 heterocycles. The van der Waals surface area contributed by atoms with E-state index in [2.05, 4.69) is 15.6 Å². The topological polar surface area (TPSA) is 107 Å². The van der Waals surface area contributed by atoms with E-state index in [1.807, 2.05) is 37.4 Å². The summed E-state index contributed by atoms with van der Waals surface area (Å²) in [5, 5.41) is 7.15. The van der Waals surface area contributed by atoms with Gasteiger partial charge in [-0.1, -0.05) is 24.3 Å². The number of carbonyl (C=O) groups is 3. The van der Waals surface area contributed by atoms with Crippen molar-refractivity contribution in [1.29, 1.82) is 0 Å². The van der Waals surface area contributed by atoms with Crippen LogP contribution < -0.4 is 15.4 Å². The number of benzene rings is 2. The molecule has 9 heteroatoms. The Morgan fingerprint density at radius 1 is 1.09 bits per heavy atom. The maximum absolute atomic E-state index is 12.5. The van der Waals surface area contributed by atoms with Crippen LogP contribution in [-0.4, -0.2) is 35.4 Å². The van der Waals surface area contributed by atoms with E-state index in [0.717, 1.165) is 16.8 Å². The zero-order chi connectivity index (χ0) is 23.8. The maximum atomic E-state index is 12.5. The first kappa shape index (κ1) is 23.9. The number of rotatable bonds is 9. The molecule has 0 saturated heterocycles. The van der Waals surface area contributed by atoms with Gasteiger partial charge in [-0.25, -0.2) is 9.78 Å². The summed E-state index contributed by atoms with van der Waals surface area (Å²) in [4.78, 5) is 41.1. The number of hydrogen-bond acceptors (Lipinski definition) is 7. The Hall–Kier alpha value is -3.72. The van der Waals surface area contributed by atoms with Crippen LogP contribution in [0.2, 0.25) is 0 Å². The van der Waals surface area contributed by atoms with Crippen LogP contribution in [0.3, 0.4) is 0 Å². The van der Waals surface area contributed by atoms with Crippen molar-refractivity contribution >= 4 is 34.8 Å². The molecule has 0 bridgehead atoms. The summed E-state index contributed by atoms with van der Waals surface area (Å²) in [6.45, 7) is 5.27. The molecular formula is C24H25N3O5S. The Morgan fingerprint density at radius 2 is 1.82 bits per heavy atom. The van der Waals surface area contributed by atoms with Crippen molar-refractivity contribution in [3.05, 3.63) is 75.7 Å². The molecule has 2 amide bonds. The van der Waals surface area contributed by atoms with Crippen molar-refractivity contribution in [2.24, 2.45) is 0 Å². The van der Waals surface area contributed by atoms with Crippen LogP contribution in [0.15, 0.2) is 53.4 Å². The van der Waals surface area contributed by atoms with Crippen molar-refractivity contribution in [1.82, 2.24) is 10.3 Å². The predicted octanol–water partition coefficient (Wildman–Crippen LogP) is 3.64. The van der Waals surface area contributed by atoms with Crippen LogP contribution in [0.4, 0.5) is 5.69 Å². The molecule has 0 fully saturated rings. The molecule has 8 nitrogen and oxygen atoms in total. The second-order valence-corrected chi connectivity index (χ2v) is 8.10. The smallest absolute Gasteiger partial charge is 0.339 e. The van der Waals surface area contributed by atoms with E-state index in [4.69, 9.17) is 9.47 Å². The Bertz CT molecular complexity index is 1110. The van der Waals surface area contributed by atoms with Crippen LogP contribution in [-0.2, 0) is 20.9 Å². The minimum absolute atomic E-state index is 0.242. The molecular weight excluding hydrogens is 442 g/mol. The zero-order valence-electron chi connectivity index (χ0n) is 18.6. The quantitative estimate of drug-likeness (QED) is 0.466. The molecule has 1 aromatic heterocycles. The number of anilines is 1. The van der Waals surface area contributed by atoms with Crippen LogP contribution >= 0.6 is 11.3 Å². The first-order chi connectivity index (χ1) is 15.8. The first-order valence-corrected chi connectivity index (χ1v) is 11.2. The summed E-state index contributed by atoms with van der Waals surface area (Å²) in [5.74, 6) is -1.13. The van der Waals surface area contributed by atoms with Gasteiger partial charge in [-0.2, -0.15) is 0 Å². The van der Waals surface area contributed by atoms with Crippen molar-refractivity contribution in [3.8, 4) is 5.75 Å². The van der Waals surface area contributed by atoms with Gasteiger partial charge in [0.25, 0.3) is 5.91 Å². The number of esters is 1. The highest BCUT2D eigenvalue weighted by molar-refractivity contribution is 7.07. The summed E-state index contributed by atoms with van der Waals surface area (Å²) in [6, 6.07) is 12.2. The largest absolute Gasteiger partial charge is 0.487 e. The van der Waals surface area contributed by atoms with E-state index in [1.165, 1.54) is 24.3 Å². The fourth-order valence-corrected chi connectivity index (χ4v) is 3.51. The summed E-state index contributed by atoms with van der Waals surface area (Å²) in [7, 11) is 0. The Morgan fingerprint density at radius 3 is 2.52 bits per heavy atom. The highest BCUT2D eigenvalue weighted by Crippen LogP contribution is 2.19. The second-order valence-electron chi connectivity index (χ2n) is 7.38. The fourth-order valence-electron chi connectivity index (χ4n) is 2.97. The lowest BCUT2D eigenvalue weighted by Gasteiger charge is -2.15. The Balaban J connectivity index is 1.48. The van der Waals surface area contributed by atoms with Crippen LogP contribution in [0, 0.1) is 13.8 Å². The Kier molecular flexibility index (Phi) is 8.15. The zero-order valence-corrected chi connectivity index (χ0v) is 19.4. The Labute approximate surface area is 196 Å². The summed E-state index contributed by atoms with van der Waals surface area (Å²) in [6.07, 6.45) is -1.08. The fraction of sp³-hybridized carbons (Fsp3) is 0.250. The summed E-state index contributed by atoms with van der Waals surface area (Å²) >= 11 is 1.47. The molecule has 0 radical (unpaired) electrons. The molecule has 0 aliphatic rings. The molecule has 3 aromatic rings. The third-order valence-corrected chi connectivity index (χ3v) is 5.40. The van der Waals surface area contributed by atoms with Crippen molar-refractivity contribution in [3.63, 3.8) is 0 Å². The van der Waals surface area contributed by atoms with Gasteiger partial charge in [-0.3, -0.25) is 9.59 Å². The molecule has 0 saturated carbocycles. The van der Waals surface area contributed by atoms with Crippen LogP contribution in [0.25, 0.3) is 0 Å². The summed E-state index contributed by atoms with van der Waals surface area (Å²) < 4.78 is 10.9. The van der Waals surface area contributed by atoms with Gasteiger partial charge in [-0.05, 0) is 50.1 Å². The number of nitrogens with zero attached hydrogens (tertiary/aromatic N) is 1. The molecule has 0 aliphatic heterocycles. The van der Waals surface area contributed by atoms with Gasteiger partial charge in [0.15, 0.2) is 6.10 Å². The maximum Gasteiger partial charge on any atom is 0.339 e. The van der Waals surface area contributed by atoms with Crippen LogP contribution in [0.5, 0.6) is 5.75 Å². The number of amides is 2. The van der Waals surface area contributed by atoms with Gasteiger partial charge in [0.2, 0.25) is 5.91 Å². The number of para-hydroxylation sites is 1. The molecule has 1 unspecified atom stereocenters. The average molecular weight is 468 g/mol. The van der Waals surface area contributed by atoms with E-state index in [0.29, 0.717) is 11.4 Å². The van der Waals surface area contributed by atoms with E-state index >= 15 is 0 Å². The molecule has 1 atom stereocenters. The molecule has 0 aliphatic carbocycles. The molecule has 33 heavy (non-hydrogen) atoms. The first-order valence-electron chi connectivity index (χ1n) is 10.3. The van der Waals surface area contributed by atoms with Crippen molar-refractivity contribution in [2.75, 3.05) is 11.9 Å². The number of aryl methyl sites for hydroxylation is 2. The van der Waals surface area contributed by atoms with Crippen LogP contribution in [0.1, 0.15) is 34.1 Å². The van der Waals surface area contributed by atoms with E-state index in [-0.39, 0.29) is 24.6 Å². The number of thiazole rings is 1. The van der Waals surface area contributed by atoms with Gasteiger partial charge in [0, 0.05) is 11.1 Å². The number of carbonyl (C=O) groups excluding carboxylic acids is 3. The lowest BCUT2D eigenvalue weighted by molar-refractivity contribution is -0.130. The van der Waals surface area contributed by atoms with Gasteiger partial charge in [0.1, 0.15) is 12.4 Å². The van der Waals surface area contributed by atoms with Crippen molar-refractivity contribution in [2.45, 2.75) is 33.5 Å². The summed E-state index contributed by atoms with van der Waals surface area (Å²) in [5.41, 5.74) is 5.32. The number of ether oxygens (including phenoxy) is 2. The third kappa shape index (κ3) is 6.88. The molecule has 172 valence electrons. The molecule has 2 N–H and O–H groups in total. The minimum atomic E-state index is -1.08. The van der Waals surface area contributed by atoms with E-state index in [9.17, 15) is 14.4 Å². The molecule has 0 spiro atoms. The van der Waals surface area contributed by atoms with Gasteiger partial charge in [0.05, 0.1) is 23.3 Å². The number of aromatic nitrogens is 1. The van der Waals surface area contributed by atoms with Crippen molar-refractivity contribution < 1.29 is 23.9 Å².